The molecule has 1 aliphatic heterocycles. The number of phenols is 1. The number of amides is 1. The Labute approximate surface area is 120 Å². The largest absolute Gasteiger partial charge is 0.508 e. The summed E-state index contributed by atoms with van der Waals surface area (Å²) < 4.78 is 18.8. The summed E-state index contributed by atoms with van der Waals surface area (Å²) in [4.78, 5) is 24.1. The van der Waals surface area contributed by atoms with E-state index >= 15 is 0 Å². The minimum absolute atomic E-state index is 0.0855. The first kappa shape index (κ1) is 15.2. The number of piperidine rings is 1. The van der Waals surface area contributed by atoms with Crippen LogP contribution in [0.5, 0.6) is 5.75 Å². The maximum Gasteiger partial charge on any atom is 0.329 e. The third kappa shape index (κ3) is 3.91. The van der Waals surface area contributed by atoms with E-state index in [2.05, 4.69) is 0 Å². The van der Waals surface area contributed by atoms with Gasteiger partial charge in [0.25, 0.3) is 5.91 Å². The Balaban J connectivity index is 1.92. The maximum absolute atomic E-state index is 13.6. The minimum Gasteiger partial charge on any atom is -0.508 e. The van der Waals surface area contributed by atoms with Crippen molar-refractivity contribution in [3.05, 3.63) is 29.6 Å². The summed E-state index contributed by atoms with van der Waals surface area (Å²) in [5, 5.41) is 17.7. The highest BCUT2D eigenvalue weighted by molar-refractivity contribution is 5.94. The number of benzene rings is 1. The number of rotatable bonds is 4. The summed E-state index contributed by atoms with van der Waals surface area (Å²) in [6.45, 7) is 0.401. The Morgan fingerprint density at radius 2 is 2.00 bits per heavy atom. The zero-order valence-corrected chi connectivity index (χ0v) is 11.3. The molecule has 114 valence electrons. The zero-order chi connectivity index (χ0) is 15.4. The molecule has 2 N–H and O–H groups in total. The fraction of sp³-hybridized carbons (Fsp3) is 0.429. The van der Waals surface area contributed by atoms with Crippen LogP contribution in [0.1, 0.15) is 23.2 Å². The highest BCUT2D eigenvalue weighted by atomic mass is 19.1. The van der Waals surface area contributed by atoms with E-state index in [9.17, 15) is 14.0 Å². The number of carbonyl (C=O) groups is 2. The topological polar surface area (TPSA) is 87.1 Å². The van der Waals surface area contributed by atoms with Gasteiger partial charge in [0.2, 0.25) is 0 Å². The Hall–Kier alpha value is -2.15. The van der Waals surface area contributed by atoms with Gasteiger partial charge in [0.05, 0.1) is 11.7 Å². The van der Waals surface area contributed by atoms with Gasteiger partial charge < -0.3 is 19.8 Å². The highest BCUT2D eigenvalue weighted by Crippen LogP contribution is 2.20. The molecule has 0 atom stereocenters. The number of aromatic hydroxyl groups is 1. The summed E-state index contributed by atoms with van der Waals surface area (Å²) in [6, 6.07) is 3.41. The summed E-state index contributed by atoms with van der Waals surface area (Å²) in [7, 11) is 0. The quantitative estimate of drug-likeness (QED) is 0.873. The molecule has 0 aliphatic carbocycles. The normalized spacial score (nSPS) is 16.0. The maximum atomic E-state index is 13.6. The molecule has 1 amide bonds. The van der Waals surface area contributed by atoms with Crippen LogP contribution in [0.4, 0.5) is 4.39 Å². The lowest BCUT2D eigenvalue weighted by Crippen LogP contribution is -2.41. The molecule has 1 aromatic rings. The van der Waals surface area contributed by atoms with Gasteiger partial charge in [-0.1, -0.05) is 0 Å². The van der Waals surface area contributed by atoms with Gasteiger partial charge >= 0.3 is 5.97 Å². The van der Waals surface area contributed by atoms with Crippen LogP contribution in [0, 0.1) is 5.82 Å². The van der Waals surface area contributed by atoms with Crippen LogP contribution in [0.25, 0.3) is 0 Å². The van der Waals surface area contributed by atoms with E-state index in [0.29, 0.717) is 25.9 Å². The van der Waals surface area contributed by atoms with Crippen molar-refractivity contribution in [3.63, 3.8) is 0 Å². The van der Waals surface area contributed by atoms with Crippen molar-refractivity contribution in [3.8, 4) is 5.75 Å². The van der Waals surface area contributed by atoms with Crippen LogP contribution in [0.3, 0.4) is 0 Å². The number of ether oxygens (including phenoxy) is 1. The van der Waals surface area contributed by atoms with Crippen molar-refractivity contribution >= 4 is 11.9 Å². The van der Waals surface area contributed by atoms with Crippen molar-refractivity contribution < 1.29 is 28.9 Å². The Morgan fingerprint density at radius 3 is 2.57 bits per heavy atom. The number of carboxylic acid groups (broad SMARTS) is 1. The van der Waals surface area contributed by atoms with Gasteiger partial charge in [-0.3, -0.25) is 4.79 Å². The summed E-state index contributed by atoms with van der Waals surface area (Å²) in [6.07, 6.45) is 0.826. The average molecular weight is 297 g/mol. The van der Waals surface area contributed by atoms with Crippen molar-refractivity contribution in [1.82, 2.24) is 4.90 Å². The van der Waals surface area contributed by atoms with E-state index in [1.54, 1.807) is 0 Å². The number of halogens is 1. The monoisotopic (exact) mass is 297 g/mol. The van der Waals surface area contributed by atoms with E-state index in [4.69, 9.17) is 14.9 Å². The van der Waals surface area contributed by atoms with Gasteiger partial charge in [0.1, 0.15) is 18.2 Å². The van der Waals surface area contributed by atoms with Crippen LogP contribution in [-0.4, -0.2) is 52.8 Å². The molecule has 2 rings (SSSR count). The first-order chi connectivity index (χ1) is 9.97. The molecule has 1 heterocycles. The lowest BCUT2D eigenvalue weighted by molar-refractivity contribution is -0.145. The fourth-order valence-corrected chi connectivity index (χ4v) is 2.26. The smallest absolute Gasteiger partial charge is 0.329 e. The van der Waals surface area contributed by atoms with Gasteiger partial charge in [0.15, 0.2) is 0 Å². The van der Waals surface area contributed by atoms with E-state index in [1.165, 1.54) is 17.0 Å². The molecule has 1 aromatic carbocycles. The second-order valence-corrected chi connectivity index (χ2v) is 4.86. The molecule has 1 fully saturated rings. The highest BCUT2D eigenvalue weighted by Gasteiger charge is 2.26. The Morgan fingerprint density at radius 1 is 1.33 bits per heavy atom. The van der Waals surface area contributed by atoms with Crippen molar-refractivity contribution in [2.24, 2.45) is 0 Å². The number of hydrogen-bond acceptors (Lipinski definition) is 4. The molecule has 0 unspecified atom stereocenters. The molecular formula is C14H16FNO5. The van der Waals surface area contributed by atoms with Crippen LogP contribution in [0.2, 0.25) is 0 Å². The third-order valence-corrected chi connectivity index (χ3v) is 3.35. The lowest BCUT2D eigenvalue weighted by Gasteiger charge is -2.31. The van der Waals surface area contributed by atoms with E-state index < -0.39 is 17.7 Å². The predicted molar refractivity (Wildman–Crippen MR) is 70.6 cm³/mol. The molecule has 1 aliphatic rings. The number of carbonyl (C=O) groups excluding carboxylic acids is 1. The lowest BCUT2D eigenvalue weighted by atomic mass is 10.1. The molecular weight excluding hydrogens is 281 g/mol. The van der Waals surface area contributed by atoms with E-state index in [1.807, 2.05) is 0 Å². The molecule has 0 radical (unpaired) electrons. The summed E-state index contributed by atoms with van der Waals surface area (Å²) in [5.74, 6) is -2.46. The number of likely N-dealkylation sites (tertiary alicyclic amines) is 1. The first-order valence-electron chi connectivity index (χ1n) is 6.58. The number of carboxylic acids is 1. The van der Waals surface area contributed by atoms with Crippen LogP contribution >= 0.6 is 0 Å². The molecule has 0 spiro atoms. The summed E-state index contributed by atoms with van der Waals surface area (Å²) in [5.41, 5.74) is -0.0855. The standard InChI is InChI=1S/C14H16FNO5/c15-12-7-9(17)1-2-11(12)14(20)16-5-3-10(4-6-16)21-8-13(18)19/h1-2,7,10,17H,3-6,8H2,(H,18,19). The molecule has 0 aromatic heterocycles. The number of hydrogen-bond donors (Lipinski definition) is 2. The SMILES string of the molecule is O=C(O)COC1CCN(C(=O)c2ccc(O)cc2F)CC1. The zero-order valence-electron chi connectivity index (χ0n) is 11.3. The van der Waals surface area contributed by atoms with E-state index in [-0.39, 0.29) is 24.0 Å². The third-order valence-electron chi connectivity index (χ3n) is 3.35. The second-order valence-electron chi connectivity index (χ2n) is 4.86. The molecule has 0 bridgehead atoms. The molecule has 0 saturated carbocycles. The number of phenolic OH excluding ortho intramolecular Hbond substituents is 1. The van der Waals surface area contributed by atoms with Crippen molar-refractivity contribution in [2.45, 2.75) is 18.9 Å². The minimum atomic E-state index is -1.03. The van der Waals surface area contributed by atoms with Gasteiger partial charge in [-0.05, 0) is 25.0 Å². The van der Waals surface area contributed by atoms with Gasteiger partial charge in [-0.2, -0.15) is 0 Å². The average Bonchev–Trinajstić information content (AvgIpc) is 2.45. The van der Waals surface area contributed by atoms with Crippen LogP contribution in [-0.2, 0) is 9.53 Å². The van der Waals surface area contributed by atoms with Gasteiger partial charge in [0, 0.05) is 19.2 Å². The number of aliphatic carboxylic acids is 1. The second kappa shape index (κ2) is 6.53. The number of nitrogens with zero attached hydrogens (tertiary/aromatic N) is 1. The van der Waals surface area contributed by atoms with Crippen molar-refractivity contribution in [1.29, 1.82) is 0 Å². The van der Waals surface area contributed by atoms with Gasteiger partial charge in [-0.25, -0.2) is 9.18 Å². The van der Waals surface area contributed by atoms with Crippen LogP contribution < -0.4 is 0 Å². The predicted octanol–water partition coefficient (Wildman–Crippen LogP) is 1.24. The molecule has 7 heteroatoms. The van der Waals surface area contributed by atoms with Gasteiger partial charge in [-0.15, -0.1) is 0 Å². The first-order valence-corrected chi connectivity index (χ1v) is 6.58. The molecule has 6 nitrogen and oxygen atoms in total. The Kier molecular flexibility index (Phi) is 4.74. The van der Waals surface area contributed by atoms with E-state index in [0.717, 1.165) is 6.07 Å². The fourth-order valence-electron chi connectivity index (χ4n) is 2.26. The molecule has 21 heavy (non-hydrogen) atoms. The Bertz CT molecular complexity index is 540. The molecule has 1 saturated heterocycles. The van der Waals surface area contributed by atoms with Crippen LogP contribution in [0.15, 0.2) is 18.2 Å². The van der Waals surface area contributed by atoms with Crippen molar-refractivity contribution in [2.75, 3.05) is 19.7 Å². The summed E-state index contributed by atoms with van der Waals surface area (Å²) >= 11 is 0.